The molecule has 9 heteroatoms. The van der Waals surface area contributed by atoms with Gasteiger partial charge in [-0.2, -0.15) is 5.26 Å². The third-order valence-corrected chi connectivity index (χ3v) is 6.50. The third-order valence-electron chi connectivity index (χ3n) is 4.56. The predicted octanol–water partition coefficient (Wildman–Crippen LogP) is 3.12. The Labute approximate surface area is 166 Å². The molecule has 142 valence electrons. The first-order valence-electron chi connectivity index (χ1n) is 8.57. The second-order valence-corrected chi connectivity index (χ2v) is 8.76. The van der Waals surface area contributed by atoms with E-state index in [1.54, 1.807) is 6.07 Å². The lowest BCUT2D eigenvalue weighted by atomic mass is 10.2. The summed E-state index contributed by atoms with van der Waals surface area (Å²) in [6.45, 7) is 2.70. The maximum absolute atomic E-state index is 11.6. The molecular formula is C19H17N5O2S2. The first kappa shape index (κ1) is 18.6. The van der Waals surface area contributed by atoms with Crippen LogP contribution in [0.5, 0.6) is 0 Å². The Morgan fingerprint density at radius 2 is 2.07 bits per heavy atom. The van der Waals surface area contributed by atoms with Crippen molar-refractivity contribution in [2.24, 2.45) is 5.14 Å². The number of fused-ring (bicyclic) bond motifs is 2. The monoisotopic (exact) mass is 411 g/mol. The Hall–Kier alpha value is -2.80. The fraction of sp³-hybridized carbons (Fsp3) is 0.158. The highest BCUT2D eigenvalue weighted by Gasteiger charge is 2.16. The predicted molar refractivity (Wildman–Crippen MR) is 108 cm³/mol. The van der Waals surface area contributed by atoms with Gasteiger partial charge in [0.1, 0.15) is 6.07 Å². The lowest BCUT2D eigenvalue weighted by Crippen LogP contribution is -2.11. The molecular weight excluding hydrogens is 394 g/mol. The summed E-state index contributed by atoms with van der Waals surface area (Å²) in [5, 5.41) is 15.6. The number of rotatable bonds is 5. The zero-order valence-electron chi connectivity index (χ0n) is 15.0. The van der Waals surface area contributed by atoms with Crippen LogP contribution in [0.15, 0.2) is 58.8 Å². The highest BCUT2D eigenvalue weighted by atomic mass is 32.2. The molecule has 4 aromatic rings. The zero-order chi connectivity index (χ0) is 19.9. The molecule has 0 atom stereocenters. The Balaban J connectivity index is 1.71. The van der Waals surface area contributed by atoms with Gasteiger partial charge in [0.05, 0.1) is 27.0 Å². The molecule has 1 aromatic carbocycles. The minimum Gasteiger partial charge on any atom is -0.322 e. The highest BCUT2D eigenvalue weighted by Crippen LogP contribution is 2.30. The number of nitrogens with two attached hydrogens (primary N) is 1. The van der Waals surface area contributed by atoms with Crippen LogP contribution in [-0.2, 0) is 22.3 Å². The van der Waals surface area contributed by atoms with Crippen molar-refractivity contribution in [2.45, 2.75) is 29.3 Å². The maximum Gasteiger partial charge on any atom is 0.238 e. The van der Waals surface area contributed by atoms with Crippen LogP contribution in [0.25, 0.3) is 16.6 Å². The number of nitrogens with zero attached hydrogens (tertiary/aromatic N) is 4. The van der Waals surface area contributed by atoms with Gasteiger partial charge in [-0.05, 0) is 42.8 Å². The summed E-state index contributed by atoms with van der Waals surface area (Å²) in [7, 11) is -3.78. The van der Waals surface area contributed by atoms with Crippen molar-refractivity contribution < 1.29 is 8.42 Å². The quantitative estimate of drug-likeness (QED) is 0.508. The van der Waals surface area contributed by atoms with Crippen LogP contribution in [0.3, 0.4) is 0 Å². The van der Waals surface area contributed by atoms with Crippen molar-refractivity contribution in [2.75, 3.05) is 0 Å². The number of aromatic nitrogens is 3. The molecule has 4 rings (SSSR count). The number of hydrogen-bond donors (Lipinski definition) is 1. The van der Waals surface area contributed by atoms with Gasteiger partial charge in [-0.15, -0.1) is 0 Å². The summed E-state index contributed by atoms with van der Waals surface area (Å²) in [4.78, 5) is 4.64. The topological polar surface area (TPSA) is 106 Å². The van der Waals surface area contributed by atoms with Gasteiger partial charge in [0.15, 0.2) is 5.16 Å². The van der Waals surface area contributed by atoms with E-state index in [0.29, 0.717) is 23.4 Å². The molecule has 0 bridgehead atoms. The third kappa shape index (κ3) is 3.16. The maximum atomic E-state index is 11.6. The average Bonchev–Trinajstić information content (AvgIpc) is 3.21. The molecule has 0 radical (unpaired) electrons. The lowest BCUT2D eigenvalue weighted by molar-refractivity contribution is 0.598. The Morgan fingerprint density at radius 1 is 1.25 bits per heavy atom. The van der Waals surface area contributed by atoms with Crippen molar-refractivity contribution in [1.82, 2.24) is 14.0 Å². The van der Waals surface area contributed by atoms with E-state index in [1.807, 2.05) is 46.5 Å². The normalized spacial score (nSPS) is 11.9. The molecule has 7 nitrogen and oxygen atoms in total. The van der Waals surface area contributed by atoms with Gasteiger partial charge >= 0.3 is 0 Å². The number of thioether (sulfide) groups is 1. The van der Waals surface area contributed by atoms with Gasteiger partial charge in [-0.25, -0.2) is 18.5 Å². The molecule has 28 heavy (non-hydrogen) atoms. The largest absolute Gasteiger partial charge is 0.322 e. The second kappa shape index (κ2) is 6.98. The standard InChI is InChI=1S/C19H17N5O2S2/c1-2-24-18-7-6-14(28(21,25)26)9-16(18)22-19(24)27-12-13-11-23-8-4-3-5-17(23)15(13)10-20/h3-9,11H,2,12H2,1H3,(H2,21,25,26). The number of nitriles is 1. The van der Waals surface area contributed by atoms with E-state index in [4.69, 9.17) is 5.14 Å². The van der Waals surface area contributed by atoms with Crippen LogP contribution in [0.2, 0.25) is 0 Å². The van der Waals surface area contributed by atoms with Gasteiger partial charge in [-0.3, -0.25) is 0 Å². The van der Waals surface area contributed by atoms with Gasteiger partial charge in [0.25, 0.3) is 0 Å². The molecule has 0 aliphatic heterocycles. The van der Waals surface area contributed by atoms with Crippen molar-refractivity contribution in [3.8, 4) is 6.07 Å². The first-order valence-corrected chi connectivity index (χ1v) is 11.1. The van der Waals surface area contributed by atoms with Crippen molar-refractivity contribution in [3.63, 3.8) is 0 Å². The molecule has 0 aliphatic carbocycles. The number of benzene rings is 1. The van der Waals surface area contributed by atoms with E-state index in [2.05, 4.69) is 11.1 Å². The van der Waals surface area contributed by atoms with E-state index < -0.39 is 10.0 Å². The molecule has 3 aromatic heterocycles. The molecule has 0 saturated carbocycles. The summed E-state index contributed by atoms with van der Waals surface area (Å²) < 4.78 is 27.2. The van der Waals surface area contributed by atoms with Gasteiger partial charge < -0.3 is 8.97 Å². The highest BCUT2D eigenvalue weighted by molar-refractivity contribution is 7.98. The van der Waals surface area contributed by atoms with Crippen LogP contribution in [0.4, 0.5) is 0 Å². The fourth-order valence-electron chi connectivity index (χ4n) is 3.24. The van der Waals surface area contributed by atoms with Crippen LogP contribution >= 0.6 is 11.8 Å². The van der Waals surface area contributed by atoms with Crippen molar-refractivity contribution in [3.05, 3.63) is 59.9 Å². The fourth-order valence-corrected chi connectivity index (χ4v) is 4.82. The van der Waals surface area contributed by atoms with E-state index in [-0.39, 0.29) is 4.90 Å². The number of primary sulfonamides is 1. The number of pyridine rings is 1. The van der Waals surface area contributed by atoms with Gasteiger partial charge in [0, 0.05) is 24.7 Å². The summed E-state index contributed by atoms with van der Waals surface area (Å²) in [5.41, 5.74) is 3.89. The Bertz CT molecular complexity index is 1350. The molecule has 0 unspecified atom stereocenters. The van der Waals surface area contributed by atoms with E-state index >= 15 is 0 Å². The minimum absolute atomic E-state index is 0.0442. The van der Waals surface area contributed by atoms with E-state index in [0.717, 1.165) is 21.8 Å². The Morgan fingerprint density at radius 3 is 2.79 bits per heavy atom. The summed E-state index contributed by atoms with van der Waals surface area (Å²) in [6, 6.07) is 12.8. The van der Waals surface area contributed by atoms with Crippen molar-refractivity contribution in [1.29, 1.82) is 5.26 Å². The SMILES string of the molecule is CCn1c(SCc2cn3ccccc3c2C#N)nc2cc(S(N)(=O)=O)ccc21. The number of aryl methyl sites for hydroxylation is 1. The summed E-state index contributed by atoms with van der Waals surface area (Å²) in [5.74, 6) is 0.579. The number of sulfonamides is 1. The van der Waals surface area contributed by atoms with E-state index in [1.165, 1.54) is 23.9 Å². The Kier molecular flexibility index (Phi) is 4.63. The van der Waals surface area contributed by atoms with E-state index in [9.17, 15) is 13.7 Å². The van der Waals surface area contributed by atoms with Crippen LogP contribution < -0.4 is 5.14 Å². The molecule has 0 aliphatic rings. The molecule has 0 fully saturated rings. The van der Waals surface area contributed by atoms with Crippen molar-refractivity contribution >= 4 is 38.3 Å². The van der Waals surface area contributed by atoms with Crippen LogP contribution in [0.1, 0.15) is 18.1 Å². The van der Waals surface area contributed by atoms with Crippen LogP contribution in [0, 0.1) is 11.3 Å². The number of hydrogen-bond acceptors (Lipinski definition) is 5. The lowest BCUT2D eigenvalue weighted by Gasteiger charge is -2.05. The molecule has 3 heterocycles. The summed E-state index contributed by atoms with van der Waals surface area (Å²) >= 11 is 1.52. The molecule has 2 N–H and O–H groups in total. The zero-order valence-corrected chi connectivity index (χ0v) is 16.7. The molecule has 0 saturated heterocycles. The number of imidazole rings is 1. The summed E-state index contributed by atoms with van der Waals surface area (Å²) in [6.07, 6.45) is 3.87. The minimum atomic E-state index is -3.78. The molecule has 0 spiro atoms. The van der Waals surface area contributed by atoms with Crippen LogP contribution in [-0.4, -0.2) is 22.4 Å². The van der Waals surface area contributed by atoms with Gasteiger partial charge in [-0.1, -0.05) is 17.8 Å². The average molecular weight is 412 g/mol. The first-order chi connectivity index (χ1) is 13.4. The smallest absolute Gasteiger partial charge is 0.238 e. The second-order valence-electron chi connectivity index (χ2n) is 6.26. The van der Waals surface area contributed by atoms with Gasteiger partial charge in [0.2, 0.25) is 10.0 Å². The molecule has 0 amide bonds.